The lowest BCUT2D eigenvalue weighted by molar-refractivity contribution is -0.158. The Labute approximate surface area is 147 Å². The van der Waals surface area contributed by atoms with Crippen LogP contribution >= 0.6 is 0 Å². The molecule has 0 aromatic heterocycles. The van der Waals surface area contributed by atoms with Gasteiger partial charge in [-0.15, -0.1) is 0 Å². The summed E-state index contributed by atoms with van der Waals surface area (Å²) >= 11 is 0. The van der Waals surface area contributed by atoms with E-state index in [9.17, 15) is 14.7 Å². The van der Waals surface area contributed by atoms with Gasteiger partial charge in [0.1, 0.15) is 5.75 Å². The Morgan fingerprint density at radius 3 is 2.80 bits per heavy atom. The Morgan fingerprint density at radius 1 is 1.28 bits per heavy atom. The van der Waals surface area contributed by atoms with Crippen LogP contribution in [0.25, 0.3) is 5.57 Å². The number of carbonyl (C=O) groups excluding carboxylic acids is 2. The number of likely N-dealkylation sites (tertiary alicyclic amines) is 1. The summed E-state index contributed by atoms with van der Waals surface area (Å²) in [5, 5.41) is 10.8. The van der Waals surface area contributed by atoms with Gasteiger partial charge in [-0.3, -0.25) is 9.59 Å². The summed E-state index contributed by atoms with van der Waals surface area (Å²) in [6.45, 7) is 3.06. The van der Waals surface area contributed by atoms with Gasteiger partial charge in [0.25, 0.3) is 5.91 Å². The number of ether oxygens (including phenoxy) is 1. The molecule has 0 unspecified atom stereocenters. The second-order valence-electron chi connectivity index (χ2n) is 6.72. The fourth-order valence-electron chi connectivity index (χ4n) is 3.52. The molecule has 1 aromatic carbocycles. The van der Waals surface area contributed by atoms with E-state index in [0.29, 0.717) is 32.5 Å². The zero-order chi connectivity index (χ0) is 18.0. The Morgan fingerprint density at radius 2 is 2.08 bits per heavy atom. The minimum absolute atomic E-state index is 0.0756. The SMILES string of the molecule is COc1cccc(C2=CCN(C(=O)[C@]3(O)CCCN(C(C)=O)C3)C2)c1. The number of hydrogen-bond acceptors (Lipinski definition) is 4. The van der Waals surface area contributed by atoms with Crippen molar-refractivity contribution in [3.63, 3.8) is 0 Å². The molecular weight excluding hydrogens is 320 g/mol. The Hall–Kier alpha value is -2.34. The number of rotatable bonds is 3. The van der Waals surface area contributed by atoms with Crippen molar-refractivity contribution in [3.8, 4) is 5.75 Å². The molecule has 0 radical (unpaired) electrons. The highest BCUT2D eigenvalue weighted by molar-refractivity contribution is 5.89. The Kier molecular flexibility index (Phi) is 4.81. The molecule has 6 heteroatoms. The Balaban J connectivity index is 1.69. The average Bonchev–Trinajstić information content (AvgIpc) is 3.11. The zero-order valence-corrected chi connectivity index (χ0v) is 14.7. The molecule has 2 aliphatic heterocycles. The summed E-state index contributed by atoms with van der Waals surface area (Å²) < 4.78 is 5.25. The molecule has 1 atom stereocenters. The van der Waals surface area contributed by atoms with Gasteiger partial charge in [0.05, 0.1) is 13.7 Å². The lowest BCUT2D eigenvalue weighted by atomic mass is 9.91. The van der Waals surface area contributed by atoms with Crippen LogP contribution in [-0.2, 0) is 9.59 Å². The predicted molar refractivity (Wildman–Crippen MR) is 94.0 cm³/mol. The van der Waals surface area contributed by atoms with Crippen LogP contribution in [-0.4, -0.2) is 65.6 Å². The minimum Gasteiger partial charge on any atom is -0.497 e. The normalized spacial score (nSPS) is 23.4. The van der Waals surface area contributed by atoms with E-state index in [1.54, 1.807) is 16.9 Å². The Bertz CT molecular complexity index is 715. The van der Waals surface area contributed by atoms with Crippen molar-refractivity contribution in [2.75, 3.05) is 33.3 Å². The third kappa shape index (κ3) is 3.54. The van der Waals surface area contributed by atoms with Crippen LogP contribution in [0.2, 0.25) is 0 Å². The lowest BCUT2D eigenvalue weighted by Crippen LogP contribution is -2.58. The number of carbonyl (C=O) groups is 2. The van der Waals surface area contributed by atoms with Gasteiger partial charge in [-0.05, 0) is 36.1 Å². The van der Waals surface area contributed by atoms with Gasteiger partial charge in [0.15, 0.2) is 5.60 Å². The molecule has 1 N–H and O–H groups in total. The third-order valence-electron chi connectivity index (χ3n) is 4.96. The topological polar surface area (TPSA) is 70.1 Å². The van der Waals surface area contributed by atoms with E-state index >= 15 is 0 Å². The van der Waals surface area contributed by atoms with Crippen LogP contribution in [0.1, 0.15) is 25.3 Å². The molecule has 3 rings (SSSR count). The molecule has 2 aliphatic rings. The van der Waals surface area contributed by atoms with Gasteiger partial charge in [-0.1, -0.05) is 18.2 Å². The largest absolute Gasteiger partial charge is 0.497 e. The van der Waals surface area contributed by atoms with E-state index in [1.165, 1.54) is 6.92 Å². The maximum Gasteiger partial charge on any atom is 0.256 e. The molecule has 0 bridgehead atoms. The van der Waals surface area contributed by atoms with E-state index in [1.807, 2.05) is 30.3 Å². The van der Waals surface area contributed by atoms with Crippen molar-refractivity contribution in [2.45, 2.75) is 25.4 Å². The first-order valence-corrected chi connectivity index (χ1v) is 8.54. The maximum absolute atomic E-state index is 12.9. The monoisotopic (exact) mass is 344 g/mol. The molecule has 2 amide bonds. The van der Waals surface area contributed by atoms with E-state index < -0.39 is 5.60 Å². The van der Waals surface area contributed by atoms with Crippen molar-refractivity contribution < 1.29 is 19.4 Å². The summed E-state index contributed by atoms with van der Waals surface area (Å²) in [6.07, 6.45) is 3.02. The highest BCUT2D eigenvalue weighted by Gasteiger charge is 2.44. The van der Waals surface area contributed by atoms with Crippen molar-refractivity contribution >= 4 is 17.4 Å². The van der Waals surface area contributed by atoms with Gasteiger partial charge >= 0.3 is 0 Å². The van der Waals surface area contributed by atoms with E-state index in [2.05, 4.69) is 0 Å². The molecule has 1 saturated heterocycles. The van der Waals surface area contributed by atoms with Gasteiger partial charge in [-0.25, -0.2) is 0 Å². The van der Waals surface area contributed by atoms with Crippen LogP contribution in [0.5, 0.6) is 5.75 Å². The molecule has 1 aromatic rings. The fourth-order valence-corrected chi connectivity index (χ4v) is 3.52. The van der Waals surface area contributed by atoms with E-state index in [0.717, 1.165) is 16.9 Å². The summed E-state index contributed by atoms with van der Waals surface area (Å²) in [6, 6.07) is 7.71. The standard InChI is InChI=1S/C19H24N2O4/c1-14(22)21-9-4-8-19(24,13-21)18(23)20-10-7-16(12-20)15-5-3-6-17(11-15)25-2/h3,5-7,11,24H,4,8-10,12-13H2,1-2H3/t19-/m0/s1. The molecule has 0 aliphatic carbocycles. The van der Waals surface area contributed by atoms with Crippen LogP contribution < -0.4 is 4.74 Å². The molecule has 0 spiro atoms. The third-order valence-corrected chi connectivity index (χ3v) is 4.96. The number of β-amino-alcohol motifs (C(OH)–C–C–N with tert-alkyl or cyclic N) is 1. The maximum atomic E-state index is 12.9. The quantitative estimate of drug-likeness (QED) is 0.897. The number of methoxy groups -OCH3 is 1. The number of benzene rings is 1. The summed E-state index contributed by atoms with van der Waals surface area (Å²) in [5.74, 6) is 0.362. The van der Waals surface area contributed by atoms with Crippen molar-refractivity contribution in [1.82, 2.24) is 9.80 Å². The van der Waals surface area contributed by atoms with Crippen molar-refractivity contribution in [1.29, 1.82) is 0 Å². The molecule has 25 heavy (non-hydrogen) atoms. The highest BCUT2D eigenvalue weighted by Crippen LogP contribution is 2.29. The van der Waals surface area contributed by atoms with Crippen LogP contribution in [0.3, 0.4) is 0 Å². The second-order valence-corrected chi connectivity index (χ2v) is 6.72. The van der Waals surface area contributed by atoms with Crippen molar-refractivity contribution in [2.24, 2.45) is 0 Å². The summed E-state index contributed by atoms with van der Waals surface area (Å²) in [7, 11) is 1.62. The highest BCUT2D eigenvalue weighted by atomic mass is 16.5. The lowest BCUT2D eigenvalue weighted by Gasteiger charge is -2.39. The number of hydrogen-bond donors (Lipinski definition) is 1. The first kappa shape index (κ1) is 17.5. The van der Waals surface area contributed by atoms with E-state index in [-0.39, 0.29) is 18.4 Å². The van der Waals surface area contributed by atoms with Gasteiger partial charge in [-0.2, -0.15) is 0 Å². The van der Waals surface area contributed by atoms with Crippen LogP contribution in [0.4, 0.5) is 0 Å². The van der Waals surface area contributed by atoms with Gasteiger partial charge in [0.2, 0.25) is 5.91 Å². The van der Waals surface area contributed by atoms with E-state index in [4.69, 9.17) is 4.74 Å². The number of amides is 2. The number of nitrogens with zero attached hydrogens (tertiary/aromatic N) is 2. The summed E-state index contributed by atoms with van der Waals surface area (Å²) in [5.41, 5.74) is 0.562. The van der Waals surface area contributed by atoms with Crippen molar-refractivity contribution in [3.05, 3.63) is 35.9 Å². The predicted octanol–water partition coefficient (Wildman–Crippen LogP) is 1.29. The van der Waals surface area contributed by atoms with Gasteiger partial charge < -0.3 is 19.6 Å². The molecular formula is C19H24N2O4. The first-order chi connectivity index (χ1) is 11.9. The number of piperidine rings is 1. The second kappa shape index (κ2) is 6.88. The van der Waals surface area contributed by atoms with Gasteiger partial charge in [0, 0.05) is 26.6 Å². The summed E-state index contributed by atoms with van der Waals surface area (Å²) in [4.78, 5) is 27.7. The molecule has 0 saturated carbocycles. The first-order valence-electron chi connectivity index (χ1n) is 8.54. The zero-order valence-electron chi connectivity index (χ0n) is 14.7. The fraction of sp³-hybridized carbons (Fsp3) is 0.474. The smallest absolute Gasteiger partial charge is 0.256 e. The molecule has 134 valence electrons. The molecule has 6 nitrogen and oxygen atoms in total. The average molecular weight is 344 g/mol. The van der Waals surface area contributed by atoms with Crippen LogP contribution in [0.15, 0.2) is 30.3 Å². The number of aliphatic hydroxyl groups is 1. The minimum atomic E-state index is -1.48. The molecule has 2 heterocycles. The molecule has 1 fully saturated rings. The van der Waals surface area contributed by atoms with Crippen LogP contribution in [0, 0.1) is 0 Å².